The summed E-state index contributed by atoms with van der Waals surface area (Å²) in [4.78, 5) is 17.9. The van der Waals surface area contributed by atoms with E-state index in [0.717, 1.165) is 6.07 Å². The average Bonchev–Trinajstić information content (AvgIpc) is 2.71. The van der Waals surface area contributed by atoms with Crippen LogP contribution in [-0.4, -0.2) is 48.0 Å². The standard InChI is InChI=1S/C20H20F5N3O2/c21-19(22)5-8-28(9-6-19)18(29)14-1-3-16(27-12-14)13-2-4-17(30-10-7-26)15(11-13)20(23,24)25/h1-4,11-12H,5-10,26H2. The van der Waals surface area contributed by atoms with Crippen LogP contribution in [0.5, 0.6) is 5.75 Å². The second-order valence-electron chi connectivity index (χ2n) is 6.93. The predicted molar refractivity (Wildman–Crippen MR) is 99.3 cm³/mol. The van der Waals surface area contributed by atoms with E-state index in [4.69, 9.17) is 10.5 Å². The lowest BCUT2D eigenvalue weighted by atomic mass is 10.0. The van der Waals surface area contributed by atoms with Crippen molar-refractivity contribution in [2.24, 2.45) is 5.73 Å². The number of piperidine rings is 1. The van der Waals surface area contributed by atoms with E-state index in [2.05, 4.69) is 4.98 Å². The number of hydrogen-bond donors (Lipinski definition) is 1. The van der Waals surface area contributed by atoms with E-state index in [0.29, 0.717) is 0 Å². The topological polar surface area (TPSA) is 68.5 Å². The fraction of sp³-hybridized carbons (Fsp3) is 0.400. The monoisotopic (exact) mass is 429 g/mol. The normalized spacial score (nSPS) is 16.4. The molecule has 0 unspecified atom stereocenters. The Kier molecular flexibility index (Phi) is 6.25. The third-order valence-corrected chi connectivity index (χ3v) is 4.75. The third-order valence-electron chi connectivity index (χ3n) is 4.75. The SMILES string of the molecule is NCCOc1ccc(-c2ccc(C(=O)N3CCC(F)(F)CC3)cn2)cc1C(F)(F)F. The molecule has 0 spiro atoms. The molecule has 0 aliphatic carbocycles. The number of aromatic nitrogens is 1. The van der Waals surface area contributed by atoms with E-state index in [1.54, 1.807) is 0 Å². The first kappa shape index (κ1) is 21.9. The zero-order chi connectivity index (χ0) is 21.9. The third kappa shape index (κ3) is 5.05. The Morgan fingerprint density at radius 2 is 1.87 bits per heavy atom. The second kappa shape index (κ2) is 8.55. The first-order valence-electron chi connectivity index (χ1n) is 9.28. The molecule has 10 heteroatoms. The maximum Gasteiger partial charge on any atom is 0.419 e. The Morgan fingerprint density at radius 3 is 2.43 bits per heavy atom. The number of ether oxygens (including phenoxy) is 1. The van der Waals surface area contributed by atoms with Crippen molar-refractivity contribution in [3.8, 4) is 17.0 Å². The highest BCUT2D eigenvalue weighted by atomic mass is 19.4. The van der Waals surface area contributed by atoms with Crippen molar-refractivity contribution in [1.82, 2.24) is 9.88 Å². The molecule has 2 N–H and O–H groups in total. The van der Waals surface area contributed by atoms with Gasteiger partial charge in [0, 0.05) is 44.2 Å². The number of likely N-dealkylation sites (tertiary alicyclic amines) is 1. The summed E-state index contributed by atoms with van der Waals surface area (Å²) in [6.07, 6.45) is -4.20. The molecule has 5 nitrogen and oxygen atoms in total. The maximum absolute atomic E-state index is 13.4. The smallest absolute Gasteiger partial charge is 0.419 e. The molecule has 2 aromatic rings. The second-order valence-corrected chi connectivity index (χ2v) is 6.93. The molecule has 2 heterocycles. The number of amides is 1. The molecule has 3 rings (SSSR count). The van der Waals surface area contributed by atoms with Crippen LogP contribution < -0.4 is 10.5 Å². The molecule has 1 aliphatic rings. The minimum absolute atomic E-state index is 0.0556. The maximum atomic E-state index is 13.4. The lowest BCUT2D eigenvalue weighted by molar-refractivity contribution is -0.138. The van der Waals surface area contributed by atoms with Crippen molar-refractivity contribution in [3.63, 3.8) is 0 Å². The van der Waals surface area contributed by atoms with Crippen LogP contribution in [0.1, 0.15) is 28.8 Å². The van der Waals surface area contributed by atoms with E-state index >= 15 is 0 Å². The molecule has 0 atom stereocenters. The zero-order valence-corrected chi connectivity index (χ0v) is 15.9. The van der Waals surface area contributed by atoms with Crippen molar-refractivity contribution in [2.45, 2.75) is 24.9 Å². The predicted octanol–water partition coefficient (Wildman–Crippen LogP) is 3.98. The summed E-state index contributed by atoms with van der Waals surface area (Å²) < 4.78 is 71.7. The van der Waals surface area contributed by atoms with Crippen molar-refractivity contribution in [2.75, 3.05) is 26.2 Å². The fourth-order valence-electron chi connectivity index (χ4n) is 3.12. The lowest BCUT2D eigenvalue weighted by Gasteiger charge is -2.31. The van der Waals surface area contributed by atoms with Gasteiger partial charge in [-0.3, -0.25) is 9.78 Å². The number of pyridine rings is 1. The Hall–Kier alpha value is -2.75. The van der Waals surface area contributed by atoms with E-state index < -0.39 is 36.4 Å². The van der Waals surface area contributed by atoms with Crippen LogP contribution in [0, 0.1) is 0 Å². The van der Waals surface area contributed by atoms with Gasteiger partial charge >= 0.3 is 6.18 Å². The highest BCUT2D eigenvalue weighted by Gasteiger charge is 2.36. The summed E-state index contributed by atoms with van der Waals surface area (Å²) in [5.74, 6) is -3.54. The molecule has 1 fully saturated rings. The lowest BCUT2D eigenvalue weighted by Crippen LogP contribution is -2.42. The summed E-state index contributed by atoms with van der Waals surface area (Å²) in [5.41, 5.74) is 4.93. The van der Waals surface area contributed by atoms with Crippen LogP contribution >= 0.6 is 0 Å². The summed E-state index contributed by atoms with van der Waals surface area (Å²) >= 11 is 0. The summed E-state index contributed by atoms with van der Waals surface area (Å²) in [6.45, 7) is -0.107. The van der Waals surface area contributed by atoms with Gasteiger partial charge < -0.3 is 15.4 Å². The van der Waals surface area contributed by atoms with Crippen molar-refractivity contribution >= 4 is 5.91 Å². The Labute approximate surface area is 169 Å². The molecule has 0 bridgehead atoms. The molecule has 1 amide bonds. The molecule has 1 aliphatic heterocycles. The number of nitrogens with zero attached hydrogens (tertiary/aromatic N) is 2. The number of carbonyl (C=O) groups excluding carboxylic acids is 1. The van der Waals surface area contributed by atoms with Crippen LogP contribution in [0.25, 0.3) is 11.3 Å². The largest absolute Gasteiger partial charge is 0.492 e. The van der Waals surface area contributed by atoms with Gasteiger partial charge in [0.2, 0.25) is 0 Å². The van der Waals surface area contributed by atoms with Crippen LogP contribution in [-0.2, 0) is 6.18 Å². The highest BCUT2D eigenvalue weighted by Crippen LogP contribution is 2.38. The van der Waals surface area contributed by atoms with E-state index in [-0.39, 0.29) is 48.8 Å². The highest BCUT2D eigenvalue weighted by molar-refractivity contribution is 5.94. The minimum Gasteiger partial charge on any atom is -0.492 e. The number of halogens is 5. The van der Waals surface area contributed by atoms with Crippen molar-refractivity contribution in [3.05, 3.63) is 47.7 Å². The van der Waals surface area contributed by atoms with Gasteiger partial charge in [0.25, 0.3) is 11.8 Å². The molecule has 1 aromatic heterocycles. The fourth-order valence-corrected chi connectivity index (χ4v) is 3.12. The summed E-state index contributed by atoms with van der Waals surface area (Å²) in [6, 6.07) is 6.38. The van der Waals surface area contributed by atoms with E-state index in [9.17, 15) is 26.7 Å². The number of rotatable bonds is 5. The van der Waals surface area contributed by atoms with Crippen LogP contribution in [0.15, 0.2) is 36.5 Å². The quantitative estimate of drug-likeness (QED) is 0.731. The van der Waals surface area contributed by atoms with Gasteiger partial charge in [0.1, 0.15) is 12.4 Å². The van der Waals surface area contributed by atoms with Gasteiger partial charge in [0.05, 0.1) is 16.8 Å². The van der Waals surface area contributed by atoms with E-state index in [1.807, 2.05) is 0 Å². The Morgan fingerprint density at radius 1 is 1.17 bits per heavy atom. The molecule has 1 saturated heterocycles. The van der Waals surface area contributed by atoms with Gasteiger partial charge in [-0.25, -0.2) is 8.78 Å². The minimum atomic E-state index is -4.63. The van der Waals surface area contributed by atoms with Gasteiger partial charge in [-0.15, -0.1) is 0 Å². The van der Waals surface area contributed by atoms with Gasteiger partial charge in [0.15, 0.2) is 0 Å². The van der Waals surface area contributed by atoms with Gasteiger partial charge in [-0.05, 0) is 30.3 Å². The first-order valence-corrected chi connectivity index (χ1v) is 9.28. The zero-order valence-electron chi connectivity index (χ0n) is 15.9. The summed E-state index contributed by atoms with van der Waals surface area (Å²) in [7, 11) is 0. The molecular formula is C20H20F5N3O2. The molecule has 30 heavy (non-hydrogen) atoms. The Bertz CT molecular complexity index is 890. The van der Waals surface area contributed by atoms with Crippen LogP contribution in [0.2, 0.25) is 0 Å². The number of carbonyl (C=O) groups is 1. The van der Waals surface area contributed by atoms with Gasteiger partial charge in [-0.2, -0.15) is 13.2 Å². The number of alkyl halides is 5. The van der Waals surface area contributed by atoms with E-state index in [1.165, 1.54) is 35.4 Å². The average molecular weight is 429 g/mol. The Balaban J connectivity index is 1.80. The van der Waals surface area contributed by atoms with Crippen LogP contribution in [0.3, 0.4) is 0 Å². The molecular weight excluding hydrogens is 409 g/mol. The first-order chi connectivity index (χ1) is 14.1. The number of hydrogen-bond acceptors (Lipinski definition) is 4. The molecule has 162 valence electrons. The van der Waals surface area contributed by atoms with Crippen molar-refractivity contribution in [1.29, 1.82) is 0 Å². The van der Waals surface area contributed by atoms with Gasteiger partial charge in [-0.1, -0.05) is 0 Å². The molecule has 0 radical (unpaired) electrons. The van der Waals surface area contributed by atoms with Crippen LogP contribution in [0.4, 0.5) is 22.0 Å². The number of benzene rings is 1. The molecule has 1 aromatic carbocycles. The van der Waals surface area contributed by atoms with Crippen molar-refractivity contribution < 1.29 is 31.5 Å². The molecule has 0 saturated carbocycles. The number of nitrogens with two attached hydrogens (primary N) is 1. The summed E-state index contributed by atoms with van der Waals surface area (Å²) in [5, 5.41) is 0.